The van der Waals surface area contributed by atoms with E-state index in [2.05, 4.69) is 29.1 Å². The van der Waals surface area contributed by atoms with E-state index in [-0.39, 0.29) is 0 Å². The molecule has 0 aliphatic carbocycles. The molecule has 13 heavy (non-hydrogen) atoms. The van der Waals surface area contributed by atoms with Gasteiger partial charge in [0.05, 0.1) is 5.69 Å². The van der Waals surface area contributed by atoms with Gasteiger partial charge in [0, 0.05) is 17.8 Å². The van der Waals surface area contributed by atoms with Gasteiger partial charge in [0.1, 0.15) is 0 Å². The lowest BCUT2D eigenvalue weighted by Gasteiger charge is -1.96. The van der Waals surface area contributed by atoms with Crippen molar-refractivity contribution in [2.24, 2.45) is 0 Å². The SMILES string of the molecule is CC#CCCNc1nc(C)c(C)s1. The maximum atomic E-state index is 4.37. The number of aromatic nitrogens is 1. The highest BCUT2D eigenvalue weighted by Gasteiger charge is 2.00. The Morgan fingerprint density at radius 3 is 2.77 bits per heavy atom. The number of rotatable bonds is 3. The van der Waals surface area contributed by atoms with Gasteiger partial charge >= 0.3 is 0 Å². The minimum absolute atomic E-state index is 0.882. The summed E-state index contributed by atoms with van der Waals surface area (Å²) in [4.78, 5) is 5.65. The highest BCUT2D eigenvalue weighted by Crippen LogP contribution is 2.20. The van der Waals surface area contributed by atoms with E-state index in [1.54, 1.807) is 11.3 Å². The molecule has 0 saturated carbocycles. The molecule has 0 radical (unpaired) electrons. The highest BCUT2D eigenvalue weighted by molar-refractivity contribution is 7.15. The summed E-state index contributed by atoms with van der Waals surface area (Å²) >= 11 is 1.70. The Morgan fingerprint density at radius 1 is 1.46 bits per heavy atom. The molecule has 0 spiro atoms. The predicted molar refractivity (Wildman–Crippen MR) is 58.1 cm³/mol. The smallest absolute Gasteiger partial charge is 0.183 e. The zero-order chi connectivity index (χ0) is 9.68. The van der Waals surface area contributed by atoms with Crippen molar-refractivity contribution < 1.29 is 0 Å². The molecule has 0 aliphatic heterocycles. The van der Waals surface area contributed by atoms with Crippen LogP contribution < -0.4 is 5.32 Å². The summed E-state index contributed by atoms with van der Waals surface area (Å²) in [7, 11) is 0. The van der Waals surface area contributed by atoms with Crippen LogP contribution in [0.5, 0.6) is 0 Å². The lowest BCUT2D eigenvalue weighted by Crippen LogP contribution is -1.99. The van der Waals surface area contributed by atoms with Gasteiger partial charge in [-0.05, 0) is 20.8 Å². The summed E-state index contributed by atoms with van der Waals surface area (Å²) in [5, 5.41) is 4.25. The molecule has 70 valence electrons. The van der Waals surface area contributed by atoms with E-state index in [1.165, 1.54) is 4.88 Å². The van der Waals surface area contributed by atoms with Crippen LogP contribution >= 0.6 is 11.3 Å². The lowest BCUT2D eigenvalue weighted by atomic mass is 10.4. The van der Waals surface area contributed by atoms with Crippen LogP contribution in [0, 0.1) is 25.7 Å². The van der Waals surface area contributed by atoms with Gasteiger partial charge in [-0.25, -0.2) is 4.98 Å². The minimum Gasteiger partial charge on any atom is -0.361 e. The molecule has 1 N–H and O–H groups in total. The van der Waals surface area contributed by atoms with Crippen LogP contribution in [-0.2, 0) is 0 Å². The fraction of sp³-hybridized carbons (Fsp3) is 0.500. The normalized spacial score (nSPS) is 9.15. The molecule has 0 fully saturated rings. The number of nitrogens with one attached hydrogen (secondary N) is 1. The van der Waals surface area contributed by atoms with E-state index < -0.39 is 0 Å². The van der Waals surface area contributed by atoms with E-state index in [0.717, 1.165) is 23.8 Å². The van der Waals surface area contributed by atoms with Crippen molar-refractivity contribution in [1.29, 1.82) is 0 Å². The first-order valence-corrected chi connectivity index (χ1v) is 5.13. The molecule has 0 aromatic carbocycles. The molecule has 0 saturated heterocycles. The van der Waals surface area contributed by atoms with Crippen LogP contribution in [0.2, 0.25) is 0 Å². The van der Waals surface area contributed by atoms with Crippen LogP contribution in [0.1, 0.15) is 23.9 Å². The molecule has 0 bridgehead atoms. The summed E-state index contributed by atoms with van der Waals surface area (Å²) in [5.41, 5.74) is 1.12. The fourth-order valence-electron chi connectivity index (χ4n) is 0.905. The van der Waals surface area contributed by atoms with Crippen LogP contribution in [0.25, 0.3) is 0 Å². The molecule has 0 aliphatic rings. The van der Waals surface area contributed by atoms with E-state index >= 15 is 0 Å². The van der Waals surface area contributed by atoms with Gasteiger partial charge in [0.15, 0.2) is 5.13 Å². The van der Waals surface area contributed by atoms with Crippen molar-refractivity contribution in [3.63, 3.8) is 0 Å². The van der Waals surface area contributed by atoms with Crippen molar-refractivity contribution in [1.82, 2.24) is 4.98 Å². The minimum atomic E-state index is 0.882. The maximum Gasteiger partial charge on any atom is 0.183 e. The Kier molecular flexibility index (Phi) is 3.78. The second-order valence-electron chi connectivity index (χ2n) is 2.76. The summed E-state index contributed by atoms with van der Waals surface area (Å²) in [6.07, 6.45) is 0.883. The Balaban J connectivity index is 2.40. The summed E-state index contributed by atoms with van der Waals surface area (Å²) < 4.78 is 0. The Bertz CT molecular complexity index is 311. The topological polar surface area (TPSA) is 24.9 Å². The van der Waals surface area contributed by atoms with Crippen molar-refractivity contribution in [3.05, 3.63) is 10.6 Å². The van der Waals surface area contributed by atoms with Crippen LogP contribution in [0.4, 0.5) is 5.13 Å². The number of hydrogen-bond acceptors (Lipinski definition) is 3. The standard InChI is InChI=1S/C10H14N2S/c1-4-5-6-7-11-10-12-8(2)9(3)13-10/h6-7H2,1-3H3,(H,11,12). The summed E-state index contributed by atoms with van der Waals surface area (Å²) in [6.45, 7) is 6.86. The van der Waals surface area contributed by atoms with Gasteiger partial charge in [-0.2, -0.15) is 0 Å². The summed E-state index contributed by atoms with van der Waals surface area (Å²) in [5.74, 6) is 5.87. The second-order valence-corrected chi connectivity index (χ2v) is 3.97. The Morgan fingerprint density at radius 2 is 2.23 bits per heavy atom. The van der Waals surface area contributed by atoms with Crippen molar-refractivity contribution in [2.45, 2.75) is 27.2 Å². The Hall–Kier alpha value is -1.01. The Labute approximate surface area is 83.4 Å². The van der Waals surface area contributed by atoms with Gasteiger partial charge in [-0.15, -0.1) is 23.2 Å². The van der Waals surface area contributed by atoms with Crippen LogP contribution in [0.3, 0.4) is 0 Å². The van der Waals surface area contributed by atoms with Crippen molar-refractivity contribution >= 4 is 16.5 Å². The lowest BCUT2D eigenvalue weighted by molar-refractivity contribution is 1.08. The third-order valence-electron chi connectivity index (χ3n) is 1.73. The molecule has 1 heterocycles. The van der Waals surface area contributed by atoms with Crippen molar-refractivity contribution in [3.8, 4) is 11.8 Å². The molecule has 0 unspecified atom stereocenters. The first-order chi connectivity index (χ1) is 6.24. The van der Waals surface area contributed by atoms with E-state index in [9.17, 15) is 0 Å². The number of hydrogen-bond donors (Lipinski definition) is 1. The zero-order valence-electron chi connectivity index (χ0n) is 8.27. The molecule has 1 aromatic heterocycles. The second kappa shape index (κ2) is 4.88. The van der Waals surface area contributed by atoms with Gasteiger partial charge in [-0.1, -0.05) is 0 Å². The quantitative estimate of drug-likeness (QED) is 0.591. The van der Waals surface area contributed by atoms with Gasteiger partial charge < -0.3 is 5.32 Å². The molecule has 0 amide bonds. The van der Waals surface area contributed by atoms with Crippen molar-refractivity contribution in [2.75, 3.05) is 11.9 Å². The number of anilines is 1. The zero-order valence-corrected chi connectivity index (χ0v) is 9.09. The van der Waals surface area contributed by atoms with E-state index in [0.29, 0.717) is 0 Å². The van der Waals surface area contributed by atoms with E-state index in [1.807, 2.05) is 13.8 Å². The maximum absolute atomic E-state index is 4.37. The predicted octanol–water partition coefficient (Wildman–Crippen LogP) is 2.59. The molecule has 1 aromatic rings. The first-order valence-electron chi connectivity index (χ1n) is 4.31. The largest absolute Gasteiger partial charge is 0.361 e. The van der Waals surface area contributed by atoms with Gasteiger partial charge in [-0.3, -0.25) is 0 Å². The van der Waals surface area contributed by atoms with E-state index in [4.69, 9.17) is 0 Å². The molecular weight excluding hydrogens is 180 g/mol. The first kappa shape index (κ1) is 10.1. The van der Waals surface area contributed by atoms with Crippen LogP contribution in [0.15, 0.2) is 0 Å². The van der Waals surface area contributed by atoms with Gasteiger partial charge in [0.25, 0.3) is 0 Å². The number of thiazole rings is 1. The molecule has 2 nitrogen and oxygen atoms in total. The summed E-state index contributed by atoms with van der Waals surface area (Å²) in [6, 6.07) is 0. The van der Waals surface area contributed by atoms with Crippen LogP contribution in [-0.4, -0.2) is 11.5 Å². The third kappa shape index (κ3) is 3.08. The number of aryl methyl sites for hydroxylation is 2. The average molecular weight is 194 g/mol. The molecule has 3 heteroatoms. The molecular formula is C10H14N2S. The fourth-order valence-corrected chi connectivity index (χ4v) is 1.75. The average Bonchev–Trinajstić information content (AvgIpc) is 2.41. The molecule has 1 rings (SSSR count). The number of nitrogens with zero attached hydrogens (tertiary/aromatic N) is 1. The molecule has 0 atom stereocenters. The van der Waals surface area contributed by atoms with Gasteiger partial charge in [0.2, 0.25) is 0 Å². The monoisotopic (exact) mass is 194 g/mol. The highest BCUT2D eigenvalue weighted by atomic mass is 32.1. The third-order valence-corrected chi connectivity index (χ3v) is 2.76.